The zero-order chi connectivity index (χ0) is 19.3. The van der Waals surface area contributed by atoms with Crippen molar-refractivity contribution >= 4 is 5.97 Å². The van der Waals surface area contributed by atoms with Gasteiger partial charge < -0.3 is 23.9 Å². The van der Waals surface area contributed by atoms with Gasteiger partial charge in [0.1, 0.15) is 11.5 Å². The number of furan rings is 1. The summed E-state index contributed by atoms with van der Waals surface area (Å²) in [6.45, 7) is 3.73. The van der Waals surface area contributed by atoms with Crippen molar-refractivity contribution in [2.45, 2.75) is 20.0 Å². The van der Waals surface area contributed by atoms with Crippen LogP contribution in [0.4, 0.5) is 0 Å². The van der Waals surface area contributed by atoms with Crippen LogP contribution in [0.15, 0.2) is 59.0 Å². The van der Waals surface area contributed by atoms with E-state index in [0.717, 1.165) is 34.1 Å². The van der Waals surface area contributed by atoms with Crippen LogP contribution in [0.1, 0.15) is 28.6 Å². The molecule has 1 aliphatic heterocycles. The van der Waals surface area contributed by atoms with Crippen LogP contribution in [0.3, 0.4) is 0 Å². The standard InChI is InChI=1S/C22H21NO5/c1-2-25-22(24)17-6-4-16(5-7-17)19-10-8-18(28-19)13-23-12-15-3-9-20-21(11-15)27-14-26-20/h3-11,23H,2,12-14H2,1H3. The second kappa shape index (κ2) is 8.19. The normalized spacial score (nSPS) is 12.2. The Bertz CT molecular complexity index is 961. The predicted octanol–water partition coefficient (Wildman–Crippen LogP) is 4.14. The van der Waals surface area contributed by atoms with E-state index >= 15 is 0 Å². The van der Waals surface area contributed by atoms with Crippen LogP contribution in [-0.4, -0.2) is 19.4 Å². The second-order valence-electron chi connectivity index (χ2n) is 6.35. The van der Waals surface area contributed by atoms with Gasteiger partial charge in [-0.15, -0.1) is 0 Å². The van der Waals surface area contributed by atoms with Crippen molar-refractivity contribution in [2.75, 3.05) is 13.4 Å². The van der Waals surface area contributed by atoms with Crippen molar-refractivity contribution < 1.29 is 23.4 Å². The first-order chi connectivity index (χ1) is 13.7. The number of hydrogen-bond acceptors (Lipinski definition) is 6. The zero-order valence-electron chi connectivity index (χ0n) is 15.6. The fraction of sp³-hybridized carbons (Fsp3) is 0.227. The molecule has 0 saturated carbocycles. The molecule has 0 saturated heterocycles. The molecule has 3 aromatic rings. The van der Waals surface area contributed by atoms with Gasteiger partial charge in [0.25, 0.3) is 0 Å². The molecule has 0 spiro atoms. The van der Waals surface area contributed by atoms with Gasteiger partial charge in [0.15, 0.2) is 11.5 Å². The average Bonchev–Trinajstić information content (AvgIpc) is 3.37. The highest BCUT2D eigenvalue weighted by Gasteiger charge is 2.13. The topological polar surface area (TPSA) is 69.9 Å². The van der Waals surface area contributed by atoms with Gasteiger partial charge >= 0.3 is 5.97 Å². The lowest BCUT2D eigenvalue weighted by molar-refractivity contribution is 0.0526. The Balaban J connectivity index is 1.33. The van der Waals surface area contributed by atoms with Gasteiger partial charge in [-0.3, -0.25) is 0 Å². The largest absolute Gasteiger partial charge is 0.462 e. The molecule has 1 N–H and O–H groups in total. The number of ether oxygens (including phenoxy) is 3. The summed E-state index contributed by atoms with van der Waals surface area (Å²) in [6.07, 6.45) is 0. The first-order valence-corrected chi connectivity index (χ1v) is 9.18. The fourth-order valence-electron chi connectivity index (χ4n) is 2.99. The highest BCUT2D eigenvalue weighted by molar-refractivity contribution is 5.89. The van der Waals surface area contributed by atoms with Crippen LogP contribution >= 0.6 is 0 Å². The van der Waals surface area contributed by atoms with Gasteiger partial charge in [-0.25, -0.2) is 4.79 Å². The summed E-state index contributed by atoms with van der Waals surface area (Å²) in [7, 11) is 0. The molecule has 2 heterocycles. The van der Waals surface area contributed by atoms with Crippen molar-refractivity contribution in [3.05, 3.63) is 71.5 Å². The van der Waals surface area contributed by atoms with Crippen LogP contribution in [0, 0.1) is 0 Å². The molecule has 6 nitrogen and oxygen atoms in total. The molecule has 1 aromatic heterocycles. The maximum atomic E-state index is 11.7. The third-order valence-electron chi connectivity index (χ3n) is 4.41. The summed E-state index contributed by atoms with van der Waals surface area (Å²) < 4.78 is 21.6. The van der Waals surface area contributed by atoms with Crippen molar-refractivity contribution in [1.29, 1.82) is 0 Å². The van der Waals surface area contributed by atoms with Gasteiger partial charge in [-0.05, 0) is 48.9 Å². The number of benzene rings is 2. The van der Waals surface area contributed by atoms with E-state index in [-0.39, 0.29) is 12.8 Å². The predicted molar refractivity (Wildman–Crippen MR) is 103 cm³/mol. The maximum Gasteiger partial charge on any atom is 0.338 e. The number of carbonyl (C=O) groups is 1. The number of carbonyl (C=O) groups excluding carboxylic acids is 1. The van der Waals surface area contributed by atoms with Crippen LogP contribution < -0.4 is 14.8 Å². The van der Waals surface area contributed by atoms with Gasteiger partial charge in [0, 0.05) is 12.1 Å². The van der Waals surface area contributed by atoms with E-state index in [9.17, 15) is 4.79 Å². The molecule has 0 atom stereocenters. The molecule has 1 aliphatic rings. The number of hydrogen-bond donors (Lipinski definition) is 1. The quantitative estimate of drug-likeness (QED) is 0.622. The minimum absolute atomic E-state index is 0.280. The number of nitrogens with one attached hydrogen (secondary N) is 1. The second-order valence-corrected chi connectivity index (χ2v) is 6.35. The third kappa shape index (κ3) is 4.02. The maximum absolute atomic E-state index is 11.7. The average molecular weight is 379 g/mol. The molecule has 0 radical (unpaired) electrons. The molecule has 28 heavy (non-hydrogen) atoms. The van der Waals surface area contributed by atoms with Crippen LogP contribution in [0.5, 0.6) is 11.5 Å². The van der Waals surface area contributed by atoms with Gasteiger partial charge in [-0.1, -0.05) is 18.2 Å². The van der Waals surface area contributed by atoms with Crippen molar-refractivity contribution in [1.82, 2.24) is 5.32 Å². The lowest BCUT2D eigenvalue weighted by Gasteiger charge is -2.05. The SMILES string of the molecule is CCOC(=O)c1ccc(-c2ccc(CNCc3ccc4c(c3)OCO4)o2)cc1. The number of rotatable bonds is 7. The highest BCUT2D eigenvalue weighted by atomic mass is 16.7. The van der Waals surface area contributed by atoms with E-state index in [0.29, 0.717) is 25.3 Å². The Labute approximate surface area is 163 Å². The van der Waals surface area contributed by atoms with Crippen molar-refractivity contribution in [2.24, 2.45) is 0 Å². The Morgan fingerprint density at radius 1 is 1.00 bits per heavy atom. The van der Waals surface area contributed by atoms with Gasteiger partial charge in [0.2, 0.25) is 6.79 Å². The van der Waals surface area contributed by atoms with E-state index in [1.54, 1.807) is 19.1 Å². The van der Waals surface area contributed by atoms with Gasteiger partial charge in [0.05, 0.1) is 18.7 Å². The molecule has 6 heteroatoms. The first-order valence-electron chi connectivity index (χ1n) is 9.18. The summed E-state index contributed by atoms with van der Waals surface area (Å²) >= 11 is 0. The molecule has 4 rings (SSSR count). The minimum atomic E-state index is -0.318. The van der Waals surface area contributed by atoms with E-state index in [4.69, 9.17) is 18.6 Å². The Morgan fingerprint density at radius 2 is 1.82 bits per heavy atom. The molecule has 0 unspecified atom stereocenters. The van der Waals surface area contributed by atoms with Crippen molar-refractivity contribution in [3.63, 3.8) is 0 Å². The van der Waals surface area contributed by atoms with E-state index in [1.807, 2.05) is 42.5 Å². The molecule has 144 valence electrons. The molecule has 0 aliphatic carbocycles. The lowest BCUT2D eigenvalue weighted by Crippen LogP contribution is -2.11. The van der Waals surface area contributed by atoms with Crippen molar-refractivity contribution in [3.8, 4) is 22.8 Å². The fourth-order valence-corrected chi connectivity index (χ4v) is 2.99. The van der Waals surface area contributed by atoms with Crippen LogP contribution in [0.25, 0.3) is 11.3 Å². The number of esters is 1. The Kier molecular flexibility index (Phi) is 5.30. The molecular weight excluding hydrogens is 358 g/mol. The summed E-state index contributed by atoms with van der Waals surface area (Å²) in [5.74, 6) is 2.85. The monoisotopic (exact) mass is 379 g/mol. The summed E-state index contributed by atoms with van der Waals surface area (Å²) in [4.78, 5) is 11.7. The third-order valence-corrected chi connectivity index (χ3v) is 4.41. The van der Waals surface area contributed by atoms with E-state index in [1.165, 1.54) is 0 Å². The van der Waals surface area contributed by atoms with Crippen LogP contribution in [0.2, 0.25) is 0 Å². The molecule has 0 amide bonds. The summed E-state index contributed by atoms with van der Waals surface area (Å²) in [5.41, 5.74) is 2.56. The lowest BCUT2D eigenvalue weighted by atomic mass is 10.1. The van der Waals surface area contributed by atoms with E-state index in [2.05, 4.69) is 5.32 Å². The smallest absolute Gasteiger partial charge is 0.338 e. The zero-order valence-corrected chi connectivity index (χ0v) is 15.6. The Morgan fingerprint density at radius 3 is 2.64 bits per heavy atom. The number of fused-ring (bicyclic) bond motifs is 1. The highest BCUT2D eigenvalue weighted by Crippen LogP contribution is 2.32. The molecule has 2 aromatic carbocycles. The molecular formula is C22H21NO5. The van der Waals surface area contributed by atoms with Crippen LogP contribution in [-0.2, 0) is 17.8 Å². The Hall–Kier alpha value is -3.25. The first kappa shape index (κ1) is 18.1. The molecule has 0 bridgehead atoms. The van der Waals surface area contributed by atoms with Gasteiger partial charge in [-0.2, -0.15) is 0 Å². The van der Waals surface area contributed by atoms with E-state index < -0.39 is 0 Å². The minimum Gasteiger partial charge on any atom is -0.462 e. The summed E-state index contributed by atoms with van der Waals surface area (Å²) in [5, 5.41) is 3.36. The summed E-state index contributed by atoms with van der Waals surface area (Å²) in [6, 6.07) is 17.0. The molecule has 0 fully saturated rings.